The first-order valence-electron chi connectivity index (χ1n) is 8.84. The molecule has 0 aromatic carbocycles. The second kappa shape index (κ2) is 10.1. The van der Waals surface area contributed by atoms with E-state index in [0.717, 1.165) is 0 Å². The second-order valence-corrected chi connectivity index (χ2v) is 23.1. The first-order chi connectivity index (χ1) is 9.97. The Morgan fingerprint density at radius 3 is 1.14 bits per heavy atom. The van der Waals surface area contributed by atoms with Crippen molar-refractivity contribution in [3.05, 3.63) is 0 Å². The van der Waals surface area contributed by atoms with E-state index >= 15 is 0 Å². The van der Waals surface area contributed by atoms with Gasteiger partial charge in [-0.2, -0.15) is 0 Å². The molecule has 0 aliphatic heterocycles. The van der Waals surface area contributed by atoms with Crippen LogP contribution >= 0.6 is 8.60 Å². The second-order valence-electron chi connectivity index (χ2n) is 8.16. The van der Waals surface area contributed by atoms with Crippen LogP contribution in [0.3, 0.4) is 0 Å². The fraction of sp³-hybridized carbons (Fsp3) is 1.00. The van der Waals surface area contributed by atoms with Crippen molar-refractivity contribution in [1.82, 2.24) is 0 Å². The average molecular weight is 383 g/mol. The molecule has 22 heavy (non-hydrogen) atoms. The van der Waals surface area contributed by atoms with Crippen LogP contribution in [0.25, 0.3) is 0 Å². The van der Waals surface area contributed by atoms with E-state index < -0.39 is 33.6 Å². The normalized spacial score (nSPS) is 13.9. The van der Waals surface area contributed by atoms with Crippen molar-refractivity contribution in [3.63, 3.8) is 0 Å². The van der Waals surface area contributed by atoms with Gasteiger partial charge in [0.15, 0.2) is 16.6 Å². The summed E-state index contributed by atoms with van der Waals surface area (Å²) < 4.78 is 19.4. The summed E-state index contributed by atoms with van der Waals surface area (Å²) in [6, 6.07) is 3.70. The molecule has 134 valence electrons. The van der Waals surface area contributed by atoms with E-state index in [2.05, 4.69) is 60.1 Å². The van der Waals surface area contributed by atoms with Crippen molar-refractivity contribution in [3.8, 4) is 0 Å². The van der Waals surface area contributed by atoms with Crippen LogP contribution < -0.4 is 0 Å². The molecule has 0 saturated heterocycles. The highest BCUT2D eigenvalue weighted by molar-refractivity contribution is 7.47. The first kappa shape index (κ1) is 23.0. The van der Waals surface area contributed by atoms with Gasteiger partial charge in [0, 0.05) is 0 Å². The molecule has 0 aromatic rings. The van der Waals surface area contributed by atoms with Gasteiger partial charge >= 0.3 is 0 Å². The quantitative estimate of drug-likeness (QED) is 0.266. The fourth-order valence-electron chi connectivity index (χ4n) is 2.54. The lowest BCUT2D eigenvalue weighted by atomic mass is 10.6. The van der Waals surface area contributed by atoms with Crippen LogP contribution in [0, 0.1) is 0 Å². The molecule has 7 heteroatoms. The summed E-state index contributed by atoms with van der Waals surface area (Å²) >= 11 is 0. The summed E-state index contributed by atoms with van der Waals surface area (Å²) in [5, 5.41) is 0. The summed E-state index contributed by atoms with van der Waals surface area (Å²) in [6.07, 6.45) is 3.61. The minimum absolute atomic E-state index is 1.17. The molecule has 0 spiro atoms. The maximum absolute atomic E-state index is 6.74. The van der Waals surface area contributed by atoms with E-state index in [1.54, 1.807) is 0 Å². The number of hydrogen-bond donors (Lipinski definition) is 0. The van der Waals surface area contributed by atoms with E-state index in [1.807, 2.05) is 0 Å². The Hall–Kier alpha value is 0.961. The monoisotopic (exact) mass is 382 g/mol. The van der Waals surface area contributed by atoms with Crippen molar-refractivity contribution in [1.29, 1.82) is 0 Å². The molecule has 0 aliphatic carbocycles. The Kier molecular flexibility index (Phi) is 10.5. The van der Waals surface area contributed by atoms with E-state index in [9.17, 15) is 0 Å². The predicted molar refractivity (Wildman–Crippen MR) is 108 cm³/mol. The van der Waals surface area contributed by atoms with Gasteiger partial charge in [0.1, 0.15) is 0 Å². The van der Waals surface area contributed by atoms with Crippen molar-refractivity contribution < 1.29 is 12.6 Å². The van der Waals surface area contributed by atoms with Crippen LogP contribution in [-0.4, -0.2) is 25.0 Å². The zero-order chi connectivity index (χ0) is 17.4. The summed E-state index contributed by atoms with van der Waals surface area (Å²) in [5.41, 5.74) is 0. The average Bonchev–Trinajstić information content (AvgIpc) is 2.24. The summed E-state index contributed by atoms with van der Waals surface area (Å²) in [6.45, 7) is 20.2. The van der Waals surface area contributed by atoms with Gasteiger partial charge in [-0.25, -0.2) is 0 Å². The largest absolute Gasteiger partial charge is 0.356 e. The van der Waals surface area contributed by atoms with Gasteiger partial charge in [-0.15, -0.1) is 0 Å². The minimum Gasteiger partial charge on any atom is -0.356 e. The SMILES string of the molecule is CCC[Si](CCC)(CCC)OP(O[Si](C)(C)C)O[Si](C)(C)C. The first-order valence-corrected chi connectivity index (χ1v) is 19.3. The van der Waals surface area contributed by atoms with E-state index in [1.165, 1.54) is 37.4 Å². The van der Waals surface area contributed by atoms with Gasteiger partial charge in [-0.05, 0) is 57.4 Å². The third-order valence-electron chi connectivity index (χ3n) is 3.08. The van der Waals surface area contributed by atoms with Gasteiger partial charge in [0.05, 0.1) is 0 Å². The Labute approximate surface area is 143 Å². The highest BCUT2D eigenvalue weighted by Gasteiger charge is 2.39. The fourth-order valence-corrected chi connectivity index (χ4v) is 13.4. The molecule has 0 atom stereocenters. The zero-order valence-corrected chi connectivity index (χ0v) is 20.3. The van der Waals surface area contributed by atoms with Crippen LogP contribution in [0.5, 0.6) is 0 Å². The number of rotatable bonds is 12. The molecular weight excluding hydrogens is 343 g/mol. The van der Waals surface area contributed by atoms with Crippen molar-refractivity contribution in [2.24, 2.45) is 0 Å². The lowest BCUT2D eigenvalue weighted by molar-refractivity contribution is 0.374. The smallest absolute Gasteiger partial charge is 0.300 e. The number of hydrogen-bond acceptors (Lipinski definition) is 3. The van der Waals surface area contributed by atoms with Gasteiger partial charge in [0.25, 0.3) is 8.60 Å². The van der Waals surface area contributed by atoms with Gasteiger partial charge in [-0.3, -0.25) is 0 Å². The molecule has 0 saturated carbocycles. The molecular formula is C15H39O3PSi3. The Balaban J connectivity index is 5.22. The molecule has 0 bridgehead atoms. The Morgan fingerprint density at radius 1 is 0.591 bits per heavy atom. The molecule has 0 aliphatic rings. The predicted octanol–water partition coefficient (Wildman–Crippen LogP) is 7.11. The minimum atomic E-state index is -1.73. The third-order valence-corrected chi connectivity index (χ3v) is 15.0. The van der Waals surface area contributed by atoms with Crippen LogP contribution in [0.15, 0.2) is 0 Å². The van der Waals surface area contributed by atoms with Crippen molar-refractivity contribution >= 4 is 33.6 Å². The summed E-state index contributed by atoms with van der Waals surface area (Å²) in [7, 11) is -6.24. The molecule has 0 unspecified atom stereocenters. The van der Waals surface area contributed by atoms with Crippen LogP contribution in [-0.2, 0) is 12.6 Å². The van der Waals surface area contributed by atoms with Gasteiger partial charge in [-0.1, -0.05) is 40.0 Å². The van der Waals surface area contributed by atoms with Crippen molar-refractivity contribution in [2.75, 3.05) is 0 Å². The van der Waals surface area contributed by atoms with E-state index in [0.29, 0.717) is 0 Å². The molecule has 0 amide bonds. The topological polar surface area (TPSA) is 27.7 Å². The highest BCUT2D eigenvalue weighted by Crippen LogP contribution is 2.50. The third kappa shape index (κ3) is 10.7. The maximum atomic E-state index is 6.74. The highest BCUT2D eigenvalue weighted by atomic mass is 31.2. The molecule has 0 aromatic heterocycles. The summed E-state index contributed by atoms with van der Waals surface area (Å²) in [4.78, 5) is 0. The maximum Gasteiger partial charge on any atom is 0.300 e. The van der Waals surface area contributed by atoms with Gasteiger partial charge in [0.2, 0.25) is 8.32 Å². The lowest BCUT2D eigenvalue weighted by Gasteiger charge is -2.37. The molecule has 0 heterocycles. The molecule has 0 radical (unpaired) electrons. The van der Waals surface area contributed by atoms with E-state index in [4.69, 9.17) is 12.6 Å². The molecule has 3 nitrogen and oxygen atoms in total. The van der Waals surface area contributed by atoms with Gasteiger partial charge < -0.3 is 12.6 Å². The van der Waals surface area contributed by atoms with Crippen molar-refractivity contribution in [2.45, 2.75) is 97.4 Å². The molecule has 0 fully saturated rings. The lowest BCUT2D eigenvalue weighted by Crippen LogP contribution is -2.39. The Bertz CT molecular complexity index is 270. The molecule has 0 rings (SSSR count). The zero-order valence-electron chi connectivity index (χ0n) is 16.4. The van der Waals surface area contributed by atoms with Crippen LogP contribution in [0.2, 0.25) is 57.4 Å². The standard InChI is InChI=1S/C15H39O3PSi3/c1-10-13-22(14-11-2,15-12-3)18-19(16-20(4,5)6)17-21(7,8)9/h10-15H2,1-9H3. The molecule has 0 N–H and O–H groups in total. The van der Waals surface area contributed by atoms with Crippen LogP contribution in [0.4, 0.5) is 0 Å². The van der Waals surface area contributed by atoms with E-state index in [-0.39, 0.29) is 0 Å². The summed E-state index contributed by atoms with van der Waals surface area (Å²) in [5.74, 6) is 0. The Morgan fingerprint density at radius 2 is 0.909 bits per heavy atom. The van der Waals surface area contributed by atoms with Crippen LogP contribution in [0.1, 0.15) is 40.0 Å².